The molecule has 0 aliphatic rings. The summed E-state index contributed by atoms with van der Waals surface area (Å²) in [6.07, 6.45) is 4.77. The van der Waals surface area contributed by atoms with E-state index >= 15 is 0 Å². The monoisotopic (exact) mass is 225 g/mol. The van der Waals surface area contributed by atoms with E-state index in [0.29, 0.717) is 5.41 Å². The van der Waals surface area contributed by atoms with Crippen molar-refractivity contribution in [2.45, 2.75) is 33.7 Å². The van der Waals surface area contributed by atoms with Crippen LogP contribution in [0.4, 0.5) is 0 Å². The summed E-state index contributed by atoms with van der Waals surface area (Å²) in [4.78, 5) is 11.5. The van der Waals surface area contributed by atoms with Crippen molar-refractivity contribution in [3.63, 3.8) is 0 Å². The number of hydrogen-bond acceptors (Lipinski definition) is 2. The first-order valence-electron chi connectivity index (χ1n) is 5.83. The summed E-state index contributed by atoms with van der Waals surface area (Å²) in [5.41, 5.74) is 0.425. The SMILES string of the molecule is Cn1ccn(CCNCCC(C)(C)C)c1=O. The van der Waals surface area contributed by atoms with Crippen LogP contribution in [0.15, 0.2) is 17.2 Å². The Kier molecular flexibility index (Phi) is 4.35. The lowest BCUT2D eigenvalue weighted by Crippen LogP contribution is -2.29. The molecule has 1 aromatic rings. The summed E-state index contributed by atoms with van der Waals surface area (Å²) in [5, 5.41) is 3.36. The van der Waals surface area contributed by atoms with Gasteiger partial charge in [-0.2, -0.15) is 0 Å². The highest BCUT2D eigenvalue weighted by atomic mass is 16.1. The molecular weight excluding hydrogens is 202 g/mol. The average Bonchev–Trinajstić information content (AvgIpc) is 2.47. The lowest BCUT2D eigenvalue weighted by atomic mass is 9.92. The maximum absolute atomic E-state index is 11.5. The highest BCUT2D eigenvalue weighted by Gasteiger charge is 2.08. The molecule has 0 unspecified atom stereocenters. The molecule has 0 aromatic carbocycles. The molecule has 92 valence electrons. The van der Waals surface area contributed by atoms with Crippen LogP contribution in [0, 0.1) is 5.41 Å². The highest BCUT2D eigenvalue weighted by Crippen LogP contribution is 2.16. The van der Waals surface area contributed by atoms with Crippen molar-refractivity contribution in [1.82, 2.24) is 14.5 Å². The largest absolute Gasteiger partial charge is 0.327 e. The highest BCUT2D eigenvalue weighted by molar-refractivity contribution is 4.79. The molecule has 0 spiro atoms. The van der Waals surface area contributed by atoms with E-state index < -0.39 is 0 Å². The second-order valence-electron chi connectivity index (χ2n) is 5.45. The third kappa shape index (κ3) is 4.23. The van der Waals surface area contributed by atoms with Gasteiger partial charge in [0.15, 0.2) is 0 Å². The van der Waals surface area contributed by atoms with Gasteiger partial charge in [-0.1, -0.05) is 20.8 Å². The standard InChI is InChI=1S/C12H23N3O/c1-12(2,3)5-6-13-7-8-15-10-9-14(4)11(15)16/h9-10,13H,5-8H2,1-4H3. The number of nitrogens with zero attached hydrogens (tertiary/aromatic N) is 2. The zero-order valence-electron chi connectivity index (χ0n) is 10.8. The first-order chi connectivity index (χ1) is 7.40. The molecule has 0 saturated heterocycles. The van der Waals surface area contributed by atoms with E-state index in [0.717, 1.165) is 26.1 Å². The van der Waals surface area contributed by atoms with Gasteiger partial charge in [0.1, 0.15) is 0 Å². The number of hydrogen-bond donors (Lipinski definition) is 1. The van der Waals surface area contributed by atoms with Gasteiger partial charge in [0.25, 0.3) is 0 Å². The van der Waals surface area contributed by atoms with Crippen molar-refractivity contribution >= 4 is 0 Å². The van der Waals surface area contributed by atoms with Crippen molar-refractivity contribution in [1.29, 1.82) is 0 Å². The molecule has 1 heterocycles. The Hall–Kier alpha value is -1.03. The van der Waals surface area contributed by atoms with E-state index in [9.17, 15) is 4.79 Å². The molecule has 4 nitrogen and oxygen atoms in total. The zero-order valence-corrected chi connectivity index (χ0v) is 10.8. The van der Waals surface area contributed by atoms with E-state index in [1.165, 1.54) is 0 Å². The van der Waals surface area contributed by atoms with Crippen LogP contribution in [-0.4, -0.2) is 22.2 Å². The molecule has 4 heteroatoms. The van der Waals surface area contributed by atoms with Crippen LogP contribution in [0.25, 0.3) is 0 Å². The van der Waals surface area contributed by atoms with Gasteiger partial charge < -0.3 is 9.88 Å². The van der Waals surface area contributed by atoms with E-state index in [1.807, 2.05) is 6.20 Å². The third-order valence-corrected chi connectivity index (χ3v) is 2.60. The van der Waals surface area contributed by atoms with Gasteiger partial charge in [-0.15, -0.1) is 0 Å². The molecule has 0 radical (unpaired) electrons. The fourth-order valence-electron chi connectivity index (χ4n) is 1.47. The maximum Gasteiger partial charge on any atom is 0.327 e. The summed E-state index contributed by atoms with van der Waals surface area (Å²) in [6.45, 7) is 9.29. The minimum Gasteiger partial charge on any atom is -0.315 e. The smallest absolute Gasteiger partial charge is 0.315 e. The van der Waals surface area contributed by atoms with E-state index in [2.05, 4.69) is 26.1 Å². The normalized spacial score (nSPS) is 12.0. The zero-order chi connectivity index (χ0) is 12.2. The number of aryl methyl sites for hydroxylation is 1. The summed E-state index contributed by atoms with van der Waals surface area (Å²) >= 11 is 0. The second-order valence-corrected chi connectivity index (χ2v) is 5.45. The van der Waals surface area contributed by atoms with E-state index in [-0.39, 0.29) is 5.69 Å². The molecule has 0 bridgehead atoms. The Morgan fingerprint density at radius 3 is 2.44 bits per heavy atom. The van der Waals surface area contributed by atoms with Crippen molar-refractivity contribution in [3.05, 3.63) is 22.9 Å². The summed E-state index contributed by atoms with van der Waals surface area (Å²) < 4.78 is 3.32. The Bertz CT molecular complexity index is 370. The number of rotatable bonds is 5. The van der Waals surface area contributed by atoms with E-state index in [4.69, 9.17) is 0 Å². The number of imidazole rings is 1. The van der Waals surface area contributed by atoms with Gasteiger partial charge >= 0.3 is 5.69 Å². The van der Waals surface area contributed by atoms with Crippen LogP contribution in [0.1, 0.15) is 27.2 Å². The van der Waals surface area contributed by atoms with Crippen LogP contribution in [0.2, 0.25) is 0 Å². The number of aromatic nitrogens is 2. The second kappa shape index (κ2) is 5.34. The van der Waals surface area contributed by atoms with Crippen LogP contribution < -0.4 is 11.0 Å². The Labute approximate surface area is 97.3 Å². The van der Waals surface area contributed by atoms with Crippen molar-refractivity contribution < 1.29 is 0 Å². The Balaban J connectivity index is 2.22. The molecule has 0 atom stereocenters. The Morgan fingerprint density at radius 2 is 1.94 bits per heavy atom. The molecule has 0 aliphatic carbocycles. The van der Waals surface area contributed by atoms with Crippen LogP contribution in [0.3, 0.4) is 0 Å². The van der Waals surface area contributed by atoms with Crippen molar-refractivity contribution in [3.8, 4) is 0 Å². The molecule has 1 N–H and O–H groups in total. The lowest BCUT2D eigenvalue weighted by Gasteiger charge is -2.18. The Morgan fingerprint density at radius 1 is 1.25 bits per heavy atom. The number of nitrogens with one attached hydrogen (secondary N) is 1. The molecule has 0 fully saturated rings. The maximum atomic E-state index is 11.5. The molecule has 0 saturated carbocycles. The molecular formula is C12H23N3O. The average molecular weight is 225 g/mol. The molecule has 1 aromatic heterocycles. The fraction of sp³-hybridized carbons (Fsp3) is 0.750. The van der Waals surface area contributed by atoms with Crippen LogP contribution in [-0.2, 0) is 13.6 Å². The molecule has 1 rings (SSSR count). The first-order valence-corrected chi connectivity index (χ1v) is 5.83. The van der Waals surface area contributed by atoms with Gasteiger partial charge in [-0.25, -0.2) is 4.79 Å². The van der Waals surface area contributed by atoms with Gasteiger partial charge in [-0.05, 0) is 18.4 Å². The van der Waals surface area contributed by atoms with Gasteiger partial charge in [-0.3, -0.25) is 4.57 Å². The summed E-state index contributed by atoms with van der Waals surface area (Å²) in [6, 6.07) is 0. The summed E-state index contributed by atoms with van der Waals surface area (Å²) in [7, 11) is 1.77. The molecule has 0 amide bonds. The molecule has 0 aliphatic heterocycles. The summed E-state index contributed by atoms with van der Waals surface area (Å²) in [5.74, 6) is 0. The minimum atomic E-state index is 0.0534. The van der Waals surface area contributed by atoms with E-state index in [1.54, 1.807) is 22.4 Å². The van der Waals surface area contributed by atoms with Gasteiger partial charge in [0, 0.05) is 32.5 Å². The van der Waals surface area contributed by atoms with Crippen LogP contribution >= 0.6 is 0 Å². The minimum absolute atomic E-state index is 0.0534. The predicted octanol–water partition coefficient (Wildman–Crippen LogP) is 1.21. The third-order valence-electron chi connectivity index (χ3n) is 2.60. The predicted molar refractivity (Wildman–Crippen MR) is 66.6 cm³/mol. The van der Waals surface area contributed by atoms with Crippen molar-refractivity contribution in [2.24, 2.45) is 12.5 Å². The lowest BCUT2D eigenvalue weighted by molar-refractivity contribution is 0.365. The van der Waals surface area contributed by atoms with Crippen LogP contribution in [0.5, 0.6) is 0 Å². The van der Waals surface area contributed by atoms with Gasteiger partial charge in [0.2, 0.25) is 0 Å². The quantitative estimate of drug-likeness (QED) is 0.765. The van der Waals surface area contributed by atoms with Gasteiger partial charge in [0.05, 0.1) is 0 Å². The fourth-order valence-corrected chi connectivity index (χ4v) is 1.47. The van der Waals surface area contributed by atoms with Crippen molar-refractivity contribution in [2.75, 3.05) is 13.1 Å². The topological polar surface area (TPSA) is 39.0 Å². The molecule has 16 heavy (non-hydrogen) atoms. The first kappa shape index (κ1) is 13.0.